The Bertz CT molecular complexity index is 273. The van der Waals surface area contributed by atoms with Gasteiger partial charge in [0.15, 0.2) is 0 Å². The van der Waals surface area contributed by atoms with Gasteiger partial charge in [0.1, 0.15) is 6.42 Å². The molecule has 18 heavy (non-hydrogen) atoms. The minimum atomic E-state index is -0.149. The molecule has 0 radical (unpaired) electrons. The third-order valence-electron chi connectivity index (χ3n) is 3.12. The quantitative estimate of drug-likeness (QED) is 0.554. The van der Waals surface area contributed by atoms with Crippen molar-refractivity contribution in [1.82, 2.24) is 15.1 Å². The maximum absolute atomic E-state index is 11.8. The molecule has 1 aliphatic rings. The molecule has 5 nitrogen and oxygen atoms in total. The van der Waals surface area contributed by atoms with Gasteiger partial charge in [-0.1, -0.05) is 0 Å². The summed E-state index contributed by atoms with van der Waals surface area (Å²) in [7, 11) is 4.00. The topological polar surface area (TPSA) is 52.7 Å². The lowest BCUT2D eigenvalue weighted by Gasteiger charge is -2.26. The summed E-state index contributed by atoms with van der Waals surface area (Å²) in [6.07, 6.45) is 4.24. The summed E-state index contributed by atoms with van der Waals surface area (Å²) in [5.74, 6) is -0.177. The summed E-state index contributed by atoms with van der Waals surface area (Å²) in [6.45, 7) is 3.21. The van der Waals surface area contributed by atoms with Gasteiger partial charge in [-0.3, -0.25) is 9.59 Å². The first-order chi connectivity index (χ1) is 8.59. The highest BCUT2D eigenvalue weighted by Gasteiger charge is 2.18. The number of carbonyl (C=O) groups is 2. The summed E-state index contributed by atoms with van der Waals surface area (Å²) in [5.41, 5.74) is 0. The van der Waals surface area contributed by atoms with Gasteiger partial charge in [-0.25, -0.2) is 0 Å². The van der Waals surface area contributed by atoms with Crippen molar-refractivity contribution in [3.05, 3.63) is 0 Å². The standard InChI is InChI=1S/C13H25N3O2/c1-15(2)8-6-7-14-12(17)11-13(18)16-9-4-3-5-10-16/h3-11H2,1-2H3,(H,14,17). The second-order valence-electron chi connectivity index (χ2n) is 5.13. The van der Waals surface area contributed by atoms with Gasteiger partial charge in [-0.15, -0.1) is 0 Å². The monoisotopic (exact) mass is 255 g/mol. The fourth-order valence-electron chi connectivity index (χ4n) is 2.08. The van der Waals surface area contributed by atoms with E-state index in [1.54, 1.807) is 0 Å². The second kappa shape index (κ2) is 8.08. The molecule has 1 fully saturated rings. The second-order valence-corrected chi connectivity index (χ2v) is 5.13. The molecule has 104 valence electrons. The highest BCUT2D eigenvalue weighted by atomic mass is 16.2. The van der Waals surface area contributed by atoms with Gasteiger partial charge in [0.05, 0.1) is 0 Å². The summed E-state index contributed by atoms with van der Waals surface area (Å²) in [4.78, 5) is 27.3. The third kappa shape index (κ3) is 6.00. The van der Waals surface area contributed by atoms with E-state index in [0.717, 1.165) is 38.9 Å². The van der Waals surface area contributed by atoms with E-state index in [4.69, 9.17) is 0 Å². The fraction of sp³-hybridized carbons (Fsp3) is 0.846. The molecule has 0 spiro atoms. The maximum atomic E-state index is 11.8. The molecule has 0 bridgehead atoms. The van der Waals surface area contributed by atoms with Crippen molar-refractivity contribution < 1.29 is 9.59 Å². The number of rotatable bonds is 6. The van der Waals surface area contributed by atoms with Crippen molar-refractivity contribution >= 4 is 11.8 Å². The van der Waals surface area contributed by atoms with Crippen LogP contribution in [0.2, 0.25) is 0 Å². The van der Waals surface area contributed by atoms with Gasteiger partial charge in [0.2, 0.25) is 11.8 Å². The van der Waals surface area contributed by atoms with E-state index in [1.165, 1.54) is 6.42 Å². The molecular formula is C13H25N3O2. The summed E-state index contributed by atoms with van der Waals surface area (Å²) in [6, 6.07) is 0. The highest BCUT2D eigenvalue weighted by Crippen LogP contribution is 2.09. The van der Waals surface area contributed by atoms with Crippen molar-refractivity contribution in [3.63, 3.8) is 0 Å². The minimum Gasteiger partial charge on any atom is -0.356 e. The van der Waals surface area contributed by atoms with Gasteiger partial charge < -0.3 is 15.1 Å². The first-order valence-electron chi connectivity index (χ1n) is 6.79. The van der Waals surface area contributed by atoms with E-state index in [-0.39, 0.29) is 18.2 Å². The lowest BCUT2D eigenvalue weighted by molar-refractivity contribution is -0.136. The predicted molar refractivity (Wildman–Crippen MR) is 71.2 cm³/mol. The van der Waals surface area contributed by atoms with Gasteiger partial charge >= 0.3 is 0 Å². The SMILES string of the molecule is CN(C)CCCNC(=O)CC(=O)N1CCCCC1. The van der Waals surface area contributed by atoms with Gasteiger partial charge in [-0.05, 0) is 46.3 Å². The highest BCUT2D eigenvalue weighted by molar-refractivity contribution is 5.96. The summed E-state index contributed by atoms with van der Waals surface area (Å²) < 4.78 is 0. The average Bonchev–Trinajstić information content (AvgIpc) is 2.35. The Morgan fingerprint density at radius 3 is 2.44 bits per heavy atom. The molecule has 0 saturated carbocycles. The molecule has 2 amide bonds. The third-order valence-corrected chi connectivity index (χ3v) is 3.12. The molecule has 1 N–H and O–H groups in total. The van der Waals surface area contributed by atoms with Crippen molar-refractivity contribution in [2.45, 2.75) is 32.1 Å². The van der Waals surface area contributed by atoms with Crippen LogP contribution in [0.25, 0.3) is 0 Å². The van der Waals surface area contributed by atoms with Crippen molar-refractivity contribution in [2.24, 2.45) is 0 Å². The molecule has 0 aromatic rings. The fourth-order valence-corrected chi connectivity index (χ4v) is 2.08. The van der Waals surface area contributed by atoms with E-state index in [1.807, 2.05) is 19.0 Å². The summed E-state index contributed by atoms with van der Waals surface area (Å²) >= 11 is 0. The molecule has 0 aromatic carbocycles. The Labute approximate surface area is 110 Å². The van der Waals surface area contributed by atoms with Crippen molar-refractivity contribution in [1.29, 1.82) is 0 Å². The van der Waals surface area contributed by atoms with E-state index >= 15 is 0 Å². The molecule has 0 unspecified atom stereocenters. The number of hydrogen-bond donors (Lipinski definition) is 1. The number of nitrogens with zero attached hydrogens (tertiary/aromatic N) is 2. The van der Waals surface area contributed by atoms with E-state index in [0.29, 0.717) is 6.54 Å². The van der Waals surface area contributed by atoms with Gasteiger partial charge in [-0.2, -0.15) is 0 Å². The average molecular weight is 255 g/mol. The van der Waals surface area contributed by atoms with Crippen LogP contribution < -0.4 is 5.32 Å². The van der Waals surface area contributed by atoms with Crippen LogP contribution in [0.5, 0.6) is 0 Å². The van der Waals surface area contributed by atoms with Crippen LogP contribution in [-0.2, 0) is 9.59 Å². The Hall–Kier alpha value is -1.10. The Balaban J connectivity index is 2.12. The van der Waals surface area contributed by atoms with Crippen molar-refractivity contribution in [3.8, 4) is 0 Å². The Morgan fingerprint density at radius 2 is 1.83 bits per heavy atom. The number of hydrogen-bond acceptors (Lipinski definition) is 3. The lowest BCUT2D eigenvalue weighted by atomic mass is 10.1. The van der Waals surface area contributed by atoms with Crippen LogP contribution in [-0.4, -0.2) is 61.9 Å². The maximum Gasteiger partial charge on any atom is 0.232 e. The molecule has 1 rings (SSSR count). The van der Waals surface area contributed by atoms with Crippen LogP contribution in [0.3, 0.4) is 0 Å². The molecule has 0 aliphatic carbocycles. The van der Waals surface area contributed by atoms with Gasteiger partial charge in [0, 0.05) is 19.6 Å². The molecule has 1 aliphatic heterocycles. The van der Waals surface area contributed by atoms with Gasteiger partial charge in [0.25, 0.3) is 0 Å². The molecule has 1 saturated heterocycles. The zero-order valence-electron chi connectivity index (χ0n) is 11.6. The zero-order valence-corrected chi connectivity index (χ0v) is 11.6. The predicted octanol–water partition coefficient (Wildman–Crippen LogP) is 0.457. The number of amides is 2. The van der Waals surface area contributed by atoms with E-state index in [9.17, 15) is 9.59 Å². The number of piperidine rings is 1. The molecule has 0 atom stereocenters. The van der Waals surface area contributed by atoms with Crippen molar-refractivity contribution in [2.75, 3.05) is 40.3 Å². The first-order valence-corrected chi connectivity index (χ1v) is 6.79. The largest absolute Gasteiger partial charge is 0.356 e. The smallest absolute Gasteiger partial charge is 0.232 e. The zero-order chi connectivity index (χ0) is 13.4. The Kier molecular flexibility index (Phi) is 6.72. The van der Waals surface area contributed by atoms with E-state index < -0.39 is 0 Å². The van der Waals surface area contributed by atoms with Crippen LogP contribution in [0, 0.1) is 0 Å². The molecular weight excluding hydrogens is 230 g/mol. The van der Waals surface area contributed by atoms with Crippen LogP contribution in [0.15, 0.2) is 0 Å². The molecule has 0 aromatic heterocycles. The minimum absolute atomic E-state index is 0.00195. The van der Waals surface area contributed by atoms with Crippen LogP contribution in [0.1, 0.15) is 32.1 Å². The number of carbonyl (C=O) groups excluding carboxylic acids is 2. The summed E-state index contributed by atoms with van der Waals surface area (Å²) in [5, 5.41) is 2.79. The van der Waals surface area contributed by atoms with Crippen LogP contribution in [0.4, 0.5) is 0 Å². The Morgan fingerprint density at radius 1 is 1.17 bits per heavy atom. The number of likely N-dealkylation sites (tertiary alicyclic amines) is 1. The normalized spacial score (nSPS) is 15.8. The molecule has 1 heterocycles. The molecule has 5 heteroatoms. The van der Waals surface area contributed by atoms with Crippen LogP contribution >= 0.6 is 0 Å². The first kappa shape index (κ1) is 15.0. The number of nitrogens with one attached hydrogen (secondary N) is 1. The van der Waals surface area contributed by atoms with E-state index in [2.05, 4.69) is 10.2 Å². The lowest BCUT2D eigenvalue weighted by Crippen LogP contribution is -2.39.